The molecule has 0 aliphatic heterocycles. The Hall–Kier alpha value is -3.91. The van der Waals surface area contributed by atoms with Crippen LogP contribution < -0.4 is 5.32 Å². The normalized spacial score (nSPS) is 13.1. The highest BCUT2D eigenvalue weighted by Crippen LogP contribution is 2.40. The topological polar surface area (TPSA) is 85.8 Å². The number of thiophene rings is 1. The average molecular weight is 516 g/mol. The van der Waals surface area contributed by atoms with Gasteiger partial charge in [-0.15, -0.1) is 11.3 Å². The summed E-state index contributed by atoms with van der Waals surface area (Å²) >= 11 is 1.62. The minimum atomic E-state index is -0.358. The third kappa shape index (κ3) is 5.02. The summed E-state index contributed by atoms with van der Waals surface area (Å²) in [5.74, 6) is 0.247. The number of furan rings is 1. The van der Waals surface area contributed by atoms with Crippen LogP contribution in [0.3, 0.4) is 0 Å². The fourth-order valence-corrected chi connectivity index (χ4v) is 6.08. The van der Waals surface area contributed by atoms with Gasteiger partial charge >= 0.3 is 5.97 Å². The molecule has 0 spiro atoms. The van der Waals surface area contributed by atoms with E-state index < -0.39 is 0 Å². The molecule has 37 heavy (non-hydrogen) atoms. The van der Waals surface area contributed by atoms with E-state index >= 15 is 0 Å². The molecule has 8 heteroatoms. The molecule has 3 heterocycles. The number of nitrogens with zero attached hydrogens (tertiary/aromatic N) is 2. The van der Waals surface area contributed by atoms with E-state index in [0.29, 0.717) is 17.7 Å². The van der Waals surface area contributed by atoms with Crippen LogP contribution in [0, 0.1) is 13.8 Å². The zero-order valence-corrected chi connectivity index (χ0v) is 22.0. The second-order valence-corrected chi connectivity index (χ2v) is 10.2. The molecule has 1 amide bonds. The number of fused-ring (bicyclic) bond motifs is 1. The SMILES string of the molecule is COC(=O)c1ccc(-n2c(C)cc(C=Nc3sc4c(c3C(=O)NCc3ccco3)CCCC4)c2C)cc1. The average Bonchev–Trinajstić information content (AvgIpc) is 3.63. The number of ether oxygens (including phenoxy) is 1. The summed E-state index contributed by atoms with van der Waals surface area (Å²) in [5, 5.41) is 3.75. The van der Waals surface area contributed by atoms with E-state index in [0.717, 1.165) is 64.6 Å². The number of aromatic nitrogens is 1. The molecule has 0 radical (unpaired) electrons. The molecular formula is C29H29N3O4S. The number of methoxy groups -OCH3 is 1. The smallest absolute Gasteiger partial charge is 0.337 e. The van der Waals surface area contributed by atoms with Crippen LogP contribution in [0.15, 0.2) is 58.1 Å². The van der Waals surface area contributed by atoms with Crippen molar-refractivity contribution in [2.24, 2.45) is 4.99 Å². The molecule has 0 unspecified atom stereocenters. The summed E-state index contributed by atoms with van der Waals surface area (Å²) in [6.45, 7) is 4.42. The van der Waals surface area contributed by atoms with Crippen molar-refractivity contribution < 1.29 is 18.7 Å². The maximum Gasteiger partial charge on any atom is 0.337 e. The molecule has 3 aromatic heterocycles. The number of hydrogen-bond donors (Lipinski definition) is 1. The maximum atomic E-state index is 13.3. The minimum Gasteiger partial charge on any atom is -0.467 e. The highest BCUT2D eigenvalue weighted by atomic mass is 32.1. The lowest BCUT2D eigenvalue weighted by molar-refractivity contribution is 0.0600. The van der Waals surface area contributed by atoms with Gasteiger partial charge in [0.05, 0.1) is 31.0 Å². The predicted octanol–water partition coefficient (Wildman–Crippen LogP) is 6.09. The molecule has 1 aliphatic carbocycles. The molecule has 1 N–H and O–H groups in total. The van der Waals surface area contributed by atoms with Crippen molar-refractivity contribution in [3.8, 4) is 5.69 Å². The number of carbonyl (C=O) groups is 2. The summed E-state index contributed by atoms with van der Waals surface area (Å²) in [5.41, 5.74) is 6.33. The summed E-state index contributed by atoms with van der Waals surface area (Å²) in [7, 11) is 1.38. The molecule has 1 aromatic carbocycles. The monoisotopic (exact) mass is 515 g/mol. The molecule has 0 saturated heterocycles. The van der Waals surface area contributed by atoms with Crippen molar-refractivity contribution in [1.82, 2.24) is 9.88 Å². The summed E-state index contributed by atoms with van der Waals surface area (Å²) in [6.07, 6.45) is 7.57. The first-order valence-electron chi connectivity index (χ1n) is 12.3. The van der Waals surface area contributed by atoms with Gasteiger partial charge in [-0.3, -0.25) is 4.79 Å². The summed E-state index contributed by atoms with van der Waals surface area (Å²) in [4.78, 5) is 31.1. The van der Waals surface area contributed by atoms with Crippen molar-refractivity contribution >= 4 is 34.4 Å². The predicted molar refractivity (Wildman–Crippen MR) is 145 cm³/mol. The third-order valence-electron chi connectivity index (χ3n) is 6.72. The van der Waals surface area contributed by atoms with Crippen molar-refractivity contribution in [1.29, 1.82) is 0 Å². The van der Waals surface area contributed by atoms with E-state index in [4.69, 9.17) is 14.1 Å². The number of nitrogens with one attached hydrogen (secondary N) is 1. The molecule has 0 fully saturated rings. The Kier molecular flexibility index (Phi) is 7.10. The van der Waals surface area contributed by atoms with Crippen LogP contribution in [0.25, 0.3) is 5.69 Å². The lowest BCUT2D eigenvalue weighted by atomic mass is 9.95. The van der Waals surface area contributed by atoms with Crippen molar-refractivity contribution in [3.05, 3.63) is 93.0 Å². The Balaban J connectivity index is 1.43. The number of esters is 1. The molecular weight excluding hydrogens is 486 g/mol. The molecule has 7 nitrogen and oxygen atoms in total. The maximum absolute atomic E-state index is 13.3. The molecule has 0 atom stereocenters. The van der Waals surface area contributed by atoms with Crippen LogP contribution in [-0.4, -0.2) is 29.8 Å². The fraction of sp³-hybridized carbons (Fsp3) is 0.276. The first-order chi connectivity index (χ1) is 18.0. The lowest BCUT2D eigenvalue weighted by Crippen LogP contribution is -2.23. The molecule has 5 rings (SSSR count). The highest BCUT2D eigenvalue weighted by molar-refractivity contribution is 7.16. The Morgan fingerprint density at radius 2 is 1.95 bits per heavy atom. The lowest BCUT2D eigenvalue weighted by Gasteiger charge is -2.12. The van der Waals surface area contributed by atoms with Crippen LogP contribution in [0.4, 0.5) is 5.00 Å². The minimum absolute atomic E-state index is 0.112. The van der Waals surface area contributed by atoms with Crippen LogP contribution in [0.1, 0.15) is 66.7 Å². The van der Waals surface area contributed by atoms with Gasteiger partial charge in [0.25, 0.3) is 5.91 Å². The van der Waals surface area contributed by atoms with Gasteiger partial charge in [0, 0.05) is 33.7 Å². The molecule has 0 saturated carbocycles. The number of carbonyl (C=O) groups excluding carboxylic acids is 2. The van der Waals surface area contributed by atoms with Gasteiger partial charge in [0.2, 0.25) is 0 Å². The number of aliphatic imine (C=N–C) groups is 1. The molecule has 0 bridgehead atoms. The van der Waals surface area contributed by atoms with Crippen molar-refractivity contribution in [2.75, 3.05) is 7.11 Å². The molecule has 190 valence electrons. The van der Waals surface area contributed by atoms with E-state index in [9.17, 15) is 9.59 Å². The highest BCUT2D eigenvalue weighted by Gasteiger charge is 2.25. The van der Waals surface area contributed by atoms with E-state index in [1.54, 1.807) is 29.7 Å². The number of amides is 1. The second-order valence-electron chi connectivity index (χ2n) is 9.11. The molecule has 4 aromatic rings. The van der Waals surface area contributed by atoms with E-state index in [-0.39, 0.29) is 11.9 Å². The Bertz CT molecular complexity index is 1460. The Morgan fingerprint density at radius 3 is 2.68 bits per heavy atom. The van der Waals surface area contributed by atoms with E-state index in [2.05, 4.69) is 16.0 Å². The van der Waals surface area contributed by atoms with Crippen LogP contribution in [-0.2, 0) is 24.1 Å². The van der Waals surface area contributed by atoms with Gasteiger partial charge in [-0.25, -0.2) is 9.79 Å². The summed E-state index contributed by atoms with van der Waals surface area (Å²) < 4.78 is 12.3. The Morgan fingerprint density at radius 1 is 1.16 bits per heavy atom. The van der Waals surface area contributed by atoms with Crippen LogP contribution in [0.5, 0.6) is 0 Å². The van der Waals surface area contributed by atoms with Gasteiger partial charge in [0.1, 0.15) is 10.8 Å². The van der Waals surface area contributed by atoms with E-state index in [1.807, 2.05) is 44.3 Å². The number of aryl methyl sites for hydroxylation is 2. The first kappa shape index (κ1) is 24.8. The number of hydrogen-bond acceptors (Lipinski definition) is 6. The van der Waals surface area contributed by atoms with Crippen LogP contribution in [0.2, 0.25) is 0 Å². The van der Waals surface area contributed by atoms with E-state index in [1.165, 1.54) is 12.0 Å². The molecule has 1 aliphatic rings. The van der Waals surface area contributed by atoms with Gasteiger partial charge in [0.15, 0.2) is 0 Å². The quantitative estimate of drug-likeness (QED) is 0.238. The number of benzene rings is 1. The zero-order valence-electron chi connectivity index (χ0n) is 21.2. The standard InChI is InChI=1S/C29H29N3O4S/c1-18-15-21(19(2)32(18)22-12-10-20(11-13-22)29(34)35-3)16-31-28-26(24-8-4-5-9-25(24)37-28)27(33)30-17-23-7-6-14-36-23/h6-7,10-16H,4-5,8-9,17H2,1-3H3,(H,30,33). The first-order valence-corrected chi connectivity index (χ1v) is 13.1. The Labute approximate surface area is 219 Å². The van der Waals surface area contributed by atoms with Gasteiger partial charge in [-0.05, 0) is 87.6 Å². The largest absolute Gasteiger partial charge is 0.467 e. The fourth-order valence-electron chi connectivity index (χ4n) is 4.85. The third-order valence-corrected chi connectivity index (χ3v) is 7.92. The summed E-state index contributed by atoms with van der Waals surface area (Å²) in [6, 6.07) is 13.1. The zero-order chi connectivity index (χ0) is 25.9. The number of rotatable bonds is 7. The van der Waals surface area contributed by atoms with Crippen LogP contribution >= 0.6 is 11.3 Å². The van der Waals surface area contributed by atoms with Crippen molar-refractivity contribution in [3.63, 3.8) is 0 Å². The van der Waals surface area contributed by atoms with Crippen molar-refractivity contribution in [2.45, 2.75) is 46.1 Å². The van der Waals surface area contributed by atoms with Gasteiger partial charge in [-0.1, -0.05) is 0 Å². The van der Waals surface area contributed by atoms with Gasteiger partial charge < -0.3 is 19.0 Å². The second kappa shape index (κ2) is 10.6. The van der Waals surface area contributed by atoms with Gasteiger partial charge in [-0.2, -0.15) is 0 Å².